The largest absolute Gasteiger partial charge is 0.376 e. The summed E-state index contributed by atoms with van der Waals surface area (Å²) in [6, 6.07) is 1.32. The van der Waals surface area contributed by atoms with E-state index in [1.807, 2.05) is 0 Å². The highest BCUT2D eigenvalue weighted by Gasteiger charge is 2.19. The highest BCUT2D eigenvalue weighted by atomic mass is 32.2. The lowest BCUT2D eigenvalue weighted by Gasteiger charge is -2.11. The number of hydrogen-bond donors (Lipinski definition) is 2. The summed E-state index contributed by atoms with van der Waals surface area (Å²) in [4.78, 5) is 12.8. The number of carbonyl (C=O) groups is 1. The molecule has 1 fully saturated rings. The van der Waals surface area contributed by atoms with Crippen LogP contribution in [0.2, 0.25) is 0 Å². The van der Waals surface area contributed by atoms with Crippen LogP contribution in [0.4, 0.5) is 0 Å². The maximum atomic E-state index is 11.9. The molecular weight excluding hydrogens is 312 g/mol. The number of hydrogen-bond acceptors (Lipinski definition) is 5. The van der Waals surface area contributed by atoms with E-state index in [4.69, 9.17) is 9.88 Å². The van der Waals surface area contributed by atoms with Crippen molar-refractivity contribution in [2.45, 2.75) is 43.6 Å². The van der Waals surface area contributed by atoms with E-state index < -0.39 is 10.0 Å². The van der Waals surface area contributed by atoms with Gasteiger partial charge in [0, 0.05) is 11.4 Å². The van der Waals surface area contributed by atoms with Crippen molar-refractivity contribution in [2.75, 3.05) is 13.2 Å². The number of carbonyl (C=O) groups excluding carboxylic acids is 1. The van der Waals surface area contributed by atoms with Crippen LogP contribution in [0.5, 0.6) is 0 Å². The molecule has 1 aliphatic rings. The van der Waals surface area contributed by atoms with Crippen molar-refractivity contribution < 1.29 is 17.9 Å². The van der Waals surface area contributed by atoms with Gasteiger partial charge in [0.25, 0.3) is 5.91 Å². The number of aryl methyl sites for hydroxylation is 1. The molecule has 1 aromatic heterocycles. The van der Waals surface area contributed by atoms with Gasteiger partial charge in [0.2, 0.25) is 10.0 Å². The Morgan fingerprint density at radius 2 is 2.14 bits per heavy atom. The highest BCUT2D eigenvalue weighted by Crippen LogP contribution is 2.24. The van der Waals surface area contributed by atoms with Gasteiger partial charge < -0.3 is 10.1 Å². The Kier molecular flexibility index (Phi) is 5.37. The summed E-state index contributed by atoms with van der Waals surface area (Å²) in [7, 11) is -3.78. The molecule has 3 N–H and O–H groups in total. The van der Waals surface area contributed by atoms with Crippen LogP contribution in [0.15, 0.2) is 11.0 Å². The molecule has 0 aromatic carbocycles. The highest BCUT2D eigenvalue weighted by molar-refractivity contribution is 7.89. The van der Waals surface area contributed by atoms with E-state index in [1.54, 1.807) is 6.92 Å². The first kappa shape index (κ1) is 16.4. The summed E-state index contributed by atoms with van der Waals surface area (Å²) >= 11 is 1.12. The monoisotopic (exact) mass is 332 g/mol. The number of thiophene rings is 1. The van der Waals surface area contributed by atoms with Crippen molar-refractivity contribution in [3.63, 3.8) is 0 Å². The van der Waals surface area contributed by atoms with Crippen LogP contribution in [-0.4, -0.2) is 33.6 Å². The molecule has 1 aromatic rings. The quantitative estimate of drug-likeness (QED) is 0.769. The van der Waals surface area contributed by atoms with Crippen molar-refractivity contribution in [3.8, 4) is 0 Å². The number of ether oxygens (including phenoxy) is 1. The normalized spacial score (nSPS) is 16.3. The van der Waals surface area contributed by atoms with Crippen LogP contribution < -0.4 is 10.5 Å². The van der Waals surface area contributed by atoms with Gasteiger partial charge in [-0.3, -0.25) is 4.79 Å². The molecule has 0 bridgehead atoms. The van der Waals surface area contributed by atoms with Crippen LogP contribution in [0.1, 0.15) is 40.2 Å². The number of rotatable bonds is 6. The van der Waals surface area contributed by atoms with Crippen LogP contribution in [0.3, 0.4) is 0 Å². The average molecular weight is 332 g/mol. The van der Waals surface area contributed by atoms with Crippen molar-refractivity contribution in [1.82, 2.24) is 5.32 Å². The molecule has 1 heterocycles. The fourth-order valence-corrected chi connectivity index (χ4v) is 4.45. The third-order valence-corrected chi connectivity index (χ3v) is 5.66. The van der Waals surface area contributed by atoms with Gasteiger partial charge in [0.15, 0.2) is 0 Å². The van der Waals surface area contributed by atoms with E-state index >= 15 is 0 Å². The summed E-state index contributed by atoms with van der Waals surface area (Å²) in [5.74, 6) is -0.298. The number of nitrogens with two attached hydrogens (primary N) is 1. The van der Waals surface area contributed by atoms with Crippen LogP contribution in [0.25, 0.3) is 0 Å². The molecule has 1 aliphatic carbocycles. The zero-order valence-corrected chi connectivity index (χ0v) is 13.6. The minimum absolute atomic E-state index is 0.0138. The van der Waals surface area contributed by atoms with Gasteiger partial charge in [-0.05, 0) is 25.8 Å². The second-order valence-electron chi connectivity index (χ2n) is 5.11. The molecular formula is C13H20N2O4S2. The van der Waals surface area contributed by atoms with Gasteiger partial charge in [-0.15, -0.1) is 11.3 Å². The number of primary sulfonamides is 1. The Hall–Kier alpha value is -0.960. The first-order chi connectivity index (χ1) is 9.88. The molecule has 0 atom stereocenters. The Balaban J connectivity index is 1.83. The number of nitrogens with one attached hydrogen (secondary N) is 1. The summed E-state index contributed by atoms with van der Waals surface area (Å²) in [5, 5.41) is 7.82. The van der Waals surface area contributed by atoms with Crippen molar-refractivity contribution in [3.05, 3.63) is 15.8 Å². The van der Waals surface area contributed by atoms with Crippen LogP contribution in [-0.2, 0) is 14.8 Å². The van der Waals surface area contributed by atoms with E-state index in [0.29, 0.717) is 29.0 Å². The second kappa shape index (κ2) is 6.87. The summed E-state index contributed by atoms with van der Waals surface area (Å²) in [6.07, 6.45) is 4.93. The van der Waals surface area contributed by atoms with Gasteiger partial charge in [-0.1, -0.05) is 12.8 Å². The van der Waals surface area contributed by atoms with Gasteiger partial charge >= 0.3 is 0 Å². The standard InChI is InChI=1S/C13H20N2O4S2/c1-9-12(21(14,17)18)8-11(20-9)13(16)15-6-7-19-10-4-2-3-5-10/h8,10H,2-7H2,1H3,(H,15,16)(H2,14,17,18). The van der Waals surface area contributed by atoms with E-state index in [2.05, 4.69) is 5.32 Å². The lowest BCUT2D eigenvalue weighted by molar-refractivity contribution is 0.0582. The van der Waals surface area contributed by atoms with Gasteiger partial charge in [0.05, 0.1) is 22.5 Å². The maximum absolute atomic E-state index is 11.9. The number of amides is 1. The van der Waals surface area contributed by atoms with Crippen molar-refractivity contribution >= 4 is 27.3 Å². The second-order valence-corrected chi connectivity index (χ2v) is 7.90. The van der Waals surface area contributed by atoms with Gasteiger partial charge in [0.1, 0.15) is 0 Å². The molecule has 0 radical (unpaired) electrons. The topological polar surface area (TPSA) is 98.5 Å². The molecule has 0 unspecified atom stereocenters. The maximum Gasteiger partial charge on any atom is 0.261 e. The van der Waals surface area contributed by atoms with Crippen LogP contribution in [0, 0.1) is 6.92 Å². The predicted octanol–water partition coefficient (Wildman–Crippen LogP) is 1.39. The smallest absolute Gasteiger partial charge is 0.261 e. The lowest BCUT2D eigenvalue weighted by Crippen LogP contribution is -2.27. The molecule has 8 heteroatoms. The Bertz CT molecular complexity index is 604. The molecule has 0 spiro atoms. The zero-order valence-electron chi connectivity index (χ0n) is 11.9. The molecule has 0 aliphatic heterocycles. The predicted molar refractivity (Wildman–Crippen MR) is 81.0 cm³/mol. The first-order valence-electron chi connectivity index (χ1n) is 6.91. The third-order valence-electron chi connectivity index (χ3n) is 3.45. The Morgan fingerprint density at radius 3 is 2.71 bits per heavy atom. The van der Waals surface area contributed by atoms with E-state index in [-0.39, 0.29) is 10.8 Å². The molecule has 21 heavy (non-hydrogen) atoms. The fraction of sp³-hybridized carbons (Fsp3) is 0.615. The van der Waals surface area contributed by atoms with Gasteiger partial charge in [-0.2, -0.15) is 0 Å². The first-order valence-corrected chi connectivity index (χ1v) is 9.27. The van der Waals surface area contributed by atoms with Gasteiger partial charge in [-0.25, -0.2) is 13.6 Å². The molecule has 6 nitrogen and oxygen atoms in total. The molecule has 118 valence electrons. The summed E-state index contributed by atoms with van der Waals surface area (Å²) in [5.41, 5.74) is 0. The zero-order chi connectivity index (χ0) is 15.5. The van der Waals surface area contributed by atoms with Crippen LogP contribution >= 0.6 is 11.3 Å². The summed E-state index contributed by atoms with van der Waals surface area (Å²) in [6.45, 7) is 2.52. The molecule has 1 saturated carbocycles. The molecule has 2 rings (SSSR count). The van der Waals surface area contributed by atoms with Crippen molar-refractivity contribution in [1.29, 1.82) is 0 Å². The summed E-state index contributed by atoms with van der Waals surface area (Å²) < 4.78 is 28.3. The van der Waals surface area contributed by atoms with E-state index in [9.17, 15) is 13.2 Å². The SMILES string of the molecule is Cc1sc(C(=O)NCCOC2CCCC2)cc1S(N)(=O)=O. The lowest BCUT2D eigenvalue weighted by atomic mass is 10.3. The van der Waals surface area contributed by atoms with E-state index in [1.165, 1.54) is 18.9 Å². The Labute approximate surface area is 128 Å². The van der Waals surface area contributed by atoms with E-state index in [0.717, 1.165) is 24.2 Å². The fourth-order valence-electron chi connectivity index (χ4n) is 2.39. The third kappa shape index (κ3) is 4.50. The minimum Gasteiger partial charge on any atom is -0.376 e. The molecule has 0 saturated heterocycles. The Morgan fingerprint density at radius 1 is 1.48 bits per heavy atom. The molecule has 1 amide bonds. The number of sulfonamides is 1. The minimum atomic E-state index is -3.78. The average Bonchev–Trinajstić information content (AvgIpc) is 3.02. The van der Waals surface area contributed by atoms with Crippen molar-refractivity contribution in [2.24, 2.45) is 5.14 Å².